The molecule has 0 amide bonds. The molecule has 1 N–H and O–H groups in total. The molecule has 38 heavy (non-hydrogen) atoms. The minimum Gasteiger partial charge on any atom is -0.328 e. The molecule has 8 nitrogen and oxygen atoms in total. The van der Waals surface area contributed by atoms with Gasteiger partial charge in [0, 0.05) is 36.0 Å². The van der Waals surface area contributed by atoms with E-state index in [1.807, 2.05) is 24.4 Å². The van der Waals surface area contributed by atoms with Gasteiger partial charge in [-0.3, -0.25) is 4.57 Å². The van der Waals surface area contributed by atoms with Crippen molar-refractivity contribution in [2.24, 2.45) is 0 Å². The van der Waals surface area contributed by atoms with Crippen molar-refractivity contribution in [3.05, 3.63) is 84.4 Å². The third kappa shape index (κ3) is 3.72. The number of imidazole rings is 2. The molecule has 188 valence electrons. The minimum atomic E-state index is 0.564. The van der Waals surface area contributed by atoms with E-state index in [-0.39, 0.29) is 0 Å². The Balaban J connectivity index is 1.46. The number of nitrogens with zero attached hydrogens (tertiary/aromatic N) is 7. The van der Waals surface area contributed by atoms with Crippen LogP contribution in [0.2, 0.25) is 0 Å². The lowest BCUT2D eigenvalue weighted by atomic mass is 9.94. The van der Waals surface area contributed by atoms with Gasteiger partial charge in [-0.1, -0.05) is 43.3 Å². The van der Waals surface area contributed by atoms with E-state index in [4.69, 9.17) is 9.97 Å². The van der Waals surface area contributed by atoms with Crippen LogP contribution in [0.25, 0.3) is 50.6 Å². The zero-order valence-corrected chi connectivity index (χ0v) is 21.5. The monoisotopic (exact) mass is 500 g/mol. The average Bonchev–Trinajstić information content (AvgIpc) is 3.30. The zero-order valence-electron chi connectivity index (χ0n) is 21.5. The summed E-state index contributed by atoms with van der Waals surface area (Å²) in [6.07, 6.45) is 8.31. The van der Waals surface area contributed by atoms with Gasteiger partial charge >= 0.3 is 0 Å². The van der Waals surface area contributed by atoms with Gasteiger partial charge in [-0.2, -0.15) is 5.21 Å². The Morgan fingerprint density at radius 2 is 1.87 bits per heavy atom. The smallest absolute Gasteiger partial charge is 0.205 e. The molecule has 1 fully saturated rings. The van der Waals surface area contributed by atoms with E-state index in [9.17, 15) is 0 Å². The Kier molecular flexibility index (Phi) is 5.39. The standard InChI is InChI=1S/C30H28N8/c1-3-7-27-32-24-14-10-21(30-31-16-17-37(30)22-11-12-22)18-26(24)38(27)25-15-13-23(20-8-5-4-6-9-20)28(19(25)2)29-33-35-36-34-29/h4-6,8-10,13-18,22H,3,7,11-12H2,1-2H3,(H,33,34,35,36). The molecule has 0 aliphatic heterocycles. The number of aromatic nitrogens is 8. The summed E-state index contributed by atoms with van der Waals surface area (Å²) in [5.41, 5.74) is 8.46. The molecular weight excluding hydrogens is 472 g/mol. The quantitative estimate of drug-likeness (QED) is 0.277. The van der Waals surface area contributed by atoms with Crippen LogP contribution < -0.4 is 0 Å². The predicted molar refractivity (Wildman–Crippen MR) is 148 cm³/mol. The lowest BCUT2D eigenvalue weighted by Gasteiger charge is -2.18. The second kappa shape index (κ2) is 9.06. The normalized spacial score (nSPS) is 13.4. The van der Waals surface area contributed by atoms with E-state index in [0.29, 0.717) is 11.9 Å². The van der Waals surface area contributed by atoms with Crippen LogP contribution in [0.1, 0.15) is 43.6 Å². The van der Waals surface area contributed by atoms with Crippen molar-refractivity contribution in [3.63, 3.8) is 0 Å². The fourth-order valence-electron chi connectivity index (χ4n) is 5.47. The molecule has 0 saturated heterocycles. The summed E-state index contributed by atoms with van der Waals surface area (Å²) in [6, 6.07) is 21.8. The molecule has 0 bridgehead atoms. The summed E-state index contributed by atoms with van der Waals surface area (Å²) in [7, 11) is 0. The maximum atomic E-state index is 5.07. The summed E-state index contributed by atoms with van der Waals surface area (Å²) >= 11 is 0. The molecule has 0 atom stereocenters. The highest BCUT2D eigenvalue weighted by Crippen LogP contribution is 2.40. The first-order valence-electron chi connectivity index (χ1n) is 13.2. The number of hydrogen-bond donors (Lipinski definition) is 1. The summed E-state index contributed by atoms with van der Waals surface area (Å²) in [5, 5.41) is 15.2. The zero-order chi connectivity index (χ0) is 25.6. The van der Waals surface area contributed by atoms with Crippen molar-refractivity contribution < 1.29 is 0 Å². The van der Waals surface area contributed by atoms with Gasteiger partial charge in [0.25, 0.3) is 0 Å². The summed E-state index contributed by atoms with van der Waals surface area (Å²) in [5.74, 6) is 2.64. The van der Waals surface area contributed by atoms with Crippen LogP contribution in [0.5, 0.6) is 0 Å². The third-order valence-corrected chi connectivity index (χ3v) is 7.40. The van der Waals surface area contributed by atoms with Gasteiger partial charge in [0.1, 0.15) is 11.6 Å². The molecule has 3 aromatic heterocycles. The third-order valence-electron chi connectivity index (χ3n) is 7.40. The maximum absolute atomic E-state index is 5.07. The molecule has 8 heteroatoms. The minimum absolute atomic E-state index is 0.564. The van der Waals surface area contributed by atoms with E-state index in [1.165, 1.54) is 12.8 Å². The lowest BCUT2D eigenvalue weighted by molar-refractivity contribution is 0.750. The Bertz CT molecular complexity index is 1740. The Morgan fingerprint density at radius 1 is 1.00 bits per heavy atom. The van der Waals surface area contributed by atoms with Gasteiger partial charge in [-0.25, -0.2) is 9.97 Å². The van der Waals surface area contributed by atoms with Crippen molar-refractivity contribution in [3.8, 4) is 39.6 Å². The number of aryl methyl sites for hydroxylation is 1. The van der Waals surface area contributed by atoms with Crippen molar-refractivity contribution in [1.29, 1.82) is 0 Å². The number of nitrogens with one attached hydrogen (secondary N) is 1. The van der Waals surface area contributed by atoms with E-state index in [2.05, 4.69) is 92.3 Å². The molecule has 6 aromatic rings. The fourth-order valence-corrected chi connectivity index (χ4v) is 5.47. The molecular formula is C30H28N8. The van der Waals surface area contributed by atoms with Crippen molar-refractivity contribution in [2.45, 2.75) is 45.6 Å². The van der Waals surface area contributed by atoms with Gasteiger partial charge in [-0.15, -0.1) is 10.2 Å². The average molecular weight is 501 g/mol. The maximum Gasteiger partial charge on any atom is 0.205 e. The summed E-state index contributed by atoms with van der Waals surface area (Å²) in [4.78, 5) is 9.79. The first kappa shape index (κ1) is 22.6. The molecule has 1 aliphatic rings. The molecule has 7 rings (SSSR count). The number of hydrogen-bond acceptors (Lipinski definition) is 5. The highest BCUT2D eigenvalue weighted by molar-refractivity contribution is 5.88. The fraction of sp³-hybridized carbons (Fsp3) is 0.233. The number of aromatic amines is 1. The number of rotatable bonds is 7. The van der Waals surface area contributed by atoms with Crippen LogP contribution in [-0.4, -0.2) is 39.7 Å². The van der Waals surface area contributed by atoms with Gasteiger partial charge in [0.2, 0.25) is 5.82 Å². The van der Waals surface area contributed by atoms with Gasteiger partial charge in [0.15, 0.2) is 0 Å². The van der Waals surface area contributed by atoms with Crippen LogP contribution in [0.15, 0.2) is 73.1 Å². The Labute approximate surface area is 220 Å². The lowest BCUT2D eigenvalue weighted by Crippen LogP contribution is -2.05. The number of fused-ring (bicyclic) bond motifs is 1. The first-order valence-corrected chi connectivity index (χ1v) is 13.2. The van der Waals surface area contributed by atoms with Crippen molar-refractivity contribution in [1.82, 2.24) is 39.7 Å². The highest BCUT2D eigenvalue weighted by atomic mass is 15.5. The highest BCUT2D eigenvalue weighted by Gasteiger charge is 2.26. The van der Waals surface area contributed by atoms with Crippen molar-refractivity contribution in [2.75, 3.05) is 0 Å². The van der Waals surface area contributed by atoms with E-state index < -0.39 is 0 Å². The van der Waals surface area contributed by atoms with Crippen molar-refractivity contribution >= 4 is 11.0 Å². The SMILES string of the molecule is CCCc1nc2ccc(-c3nccn3C3CC3)cc2n1-c1ccc(-c2ccccc2)c(-c2nn[nH]n2)c1C. The molecule has 3 aromatic carbocycles. The Morgan fingerprint density at radius 3 is 2.63 bits per heavy atom. The second-order valence-electron chi connectivity index (χ2n) is 9.94. The Hall–Kier alpha value is -4.59. The van der Waals surface area contributed by atoms with Crippen LogP contribution in [0.3, 0.4) is 0 Å². The molecule has 1 aliphatic carbocycles. The van der Waals surface area contributed by atoms with Crippen LogP contribution in [0, 0.1) is 6.92 Å². The number of benzene rings is 3. The molecule has 0 radical (unpaired) electrons. The molecule has 1 saturated carbocycles. The van der Waals surface area contributed by atoms with E-state index >= 15 is 0 Å². The number of H-pyrrole nitrogens is 1. The first-order chi connectivity index (χ1) is 18.7. The van der Waals surface area contributed by atoms with Gasteiger partial charge in [0.05, 0.1) is 16.7 Å². The number of tetrazole rings is 1. The van der Waals surface area contributed by atoms with E-state index in [1.54, 1.807) is 0 Å². The second-order valence-corrected chi connectivity index (χ2v) is 9.94. The predicted octanol–water partition coefficient (Wildman–Crippen LogP) is 6.33. The van der Waals surface area contributed by atoms with E-state index in [0.717, 1.165) is 69.0 Å². The molecule has 3 heterocycles. The van der Waals surface area contributed by atoms with Gasteiger partial charge < -0.3 is 4.57 Å². The van der Waals surface area contributed by atoms with Gasteiger partial charge in [-0.05, 0) is 72.4 Å². The topological polar surface area (TPSA) is 90.1 Å². The van der Waals surface area contributed by atoms with Crippen LogP contribution >= 0.6 is 0 Å². The van der Waals surface area contributed by atoms with Crippen LogP contribution in [0.4, 0.5) is 0 Å². The summed E-state index contributed by atoms with van der Waals surface area (Å²) in [6.45, 7) is 4.33. The molecule has 0 unspecified atom stereocenters. The summed E-state index contributed by atoms with van der Waals surface area (Å²) < 4.78 is 4.61. The largest absolute Gasteiger partial charge is 0.328 e. The molecule has 0 spiro atoms. The van der Waals surface area contributed by atoms with Crippen LogP contribution in [-0.2, 0) is 6.42 Å².